The van der Waals surface area contributed by atoms with E-state index < -0.39 is 17.7 Å². The van der Waals surface area contributed by atoms with Gasteiger partial charge in [-0.1, -0.05) is 13.8 Å². The maximum Gasteiger partial charge on any atom is 0.382 e. The predicted octanol–water partition coefficient (Wildman–Crippen LogP) is -0.589. The first-order chi connectivity index (χ1) is 4.86. The molecule has 4 nitrogen and oxygen atoms in total. The molecule has 0 radical (unpaired) electrons. The molecule has 0 saturated carbocycles. The van der Waals surface area contributed by atoms with Crippen LogP contribution in [0.4, 0.5) is 0 Å². The Labute approximate surface area is 64.5 Å². The number of hydrogen-bond donors (Lipinski definition) is 3. The summed E-state index contributed by atoms with van der Waals surface area (Å²) in [5.41, 5.74) is 0. The van der Waals surface area contributed by atoms with Gasteiger partial charge < -0.3 is 15.3 Å². The molecule has 0 aliphatic heterocycles. The molecular formula is C7H10O4. The van der Waals surface area contributed by atoms with E-state index >= 15 is 0 Å². The van der Waals surface area contributed by atoms with Crippen LogP contribution in [0.15, 0.2) is 0 Å². The molecule has 0 amide bonds. The molecule has 11 heavy (non-hydrogen) atoms. The van der Waals surface area contributed by atoms with E-state index in [4.69, 9.17) is 15.3 Å². The van der Waals surface area contributed by atoms with E-state index in [-0.39, 0.29) is 0 Å². The van der Waals surface area contributed by atoms with Crippen molar-refractivity contribution in [3.05, 3.63) is 0 Å². The Morgan fingerprint density at radius 2 is 1.91 bits per heavy atom. The van der Waals surface area contributed by atoms with E-state index in [1.165, 1.54) is 13.8 Å². The van der Waals surface area contributed by atoms with E-state index in [0.29, 0.717) is 0 Å². The molecule has 3 N–H and O–H groups in total. The van der Waals surface area contributed by atoms with Crippen molar-refractivity contribution in [2.75, 3.05) is 0 Å². The first kappa shape index (κ1) is 9.95. The van der Waals surface area contributed by atoms with E-state index in [1.54, 1.807) is 5.92 Å². The number of rotatable bonds is 1. The molecule has 0 bridgehead atoms. The second-order valence-electron chi connectivity index (χ2n) is 2.44. The van der Waals surface area contributed by atoms with Gasteiger partial charge in [0.1, 0.15) is 0 Å². The summed E-state index contributed by atoms with van der Waals surface area (Å²) in [5, 5.41) is 26.0. The SMILES string of the molecule is CC(C)C(O)(O)C#CC(=O)O. The number of hydrogen-bond acceptors (Lipinski definition) is 3. The summed E-state index contributed by atoms with van der Waals surface area (Å²) in [6, 6.07) is 0. The lowest BCUT2D eigenvalue weighted by atomic mass is 10.0. The summed E-state index contributed by atoms with van der Waals surface area (Å²) in [6.07, 6.45) is 0. The normalized spacial score (nSPS) is 10.6. The van der Waals surface area contributed by atoms with Gasteiger partial charge in [-0.15, -0.1) is 0 Å². The topological polar surface area (TPSA) is 77.8 Å². The molecule has 0 saturated heterocycles. The van der Waals surface area contributed by atoms with Crippen LogP contribution in [-0.4, -0.2) is 27.1 Å². The minimum absolute atomic E-state index is 0.519. The Hall–Kier alpha value is -1.05. The maximum absolute atomic E-state index is 9.87. The molecule has 0 fully saturated rings. The molecule has 0 atom stereocenters. The highest BCUT2D eigenvalue weighted by Crippen LogP contribution is 2.10. The van der Waals surface area contributed by atoms with E-state index in [2.05, 4.69) is 0 Å². The maximum atomic E-state index is 9.87. The van der Waals surface area contributed by atoms with Gasteiger partial charge in [-0.3, -0.25) is 0 Å². The third-order valence-electron chi connectivity index (χ3n) is 1.16. The van der Waals surface area contributed by atoms with Crippen molar-refractivity contribution in [1.82, 2.24) is 0 Å². The van der Waals surface area contributed by atoms with Crippen LogP contribution >= 0.6 is 0 Å². The average molecular weight is 158 g/mol. The van der Waals surface area contributed by atoms with Gasteiger partial charge >= 0.3 is 5.97 Å². The zero-order valence-electron chi connectivity index (χ0n) is 6.33. The Kier molecular flexibility index (Phi) is 3.05. The predicted molar refractivity (Wildman–Crippen MR) is 37.4 cm³/mol. The number of carboxylic acid groups (broad SMARTS) is 1. The molecule has 0 aromatic carbocycles. The standard InChI is InChI=1S/C7H10O4/c1-5(2)7(10,11)4-3-6(8)9/h5,10-11H,1-2H3,(H,8,9). The van der Waals surface area contributed by atoms with Gasteiger partial charge in [-0.25, -0.2) is 4.79 Å². The van der Waals surface area contributed by atoms with Crippen LogP contribution in [0.1, 0.15) is 13.8 Å². The molecule has 0 aromatic heterocycles. The second-order valence-corrected chi connectivity index (χ2v) is 2.44. The number of carbonyl (C=O) groups is 1. The minimum Gasteiger partial charge on any atom is -0.472 e. The summed E-state index contributed by atoms with van der Waals surface area (Å²) in [5.74, 6) is -0.653. The number of carboxylic acids is 1. The highest BCUT2D eigenvalue weighted by molar-refractivity contribution is 5.86. The highest BCUT2D eigenvalue weighted by atomic mass is 16.5. The van der Waals surface area contributed by atoms with Crippen LogP contribution in [-0.2, 0) is 4.79 Å². The summed E-state index contributed by atoms with van der Waals surface area (Å²) in [7, 11) is 0. The van der Waals surface area contributed by atoms with Crippen LogP contribution in [0.2, 0.25) is 0 Å². The Bertz CT molecular complexity index is 206. The van der Waals surface area contributed by atoms with Crippen LogP contribution in [0.5, 0.6) is 0 Å². The van der Waals surface area contributed by atoms with E-state index in [9.17, 15) is 4.79 Å². The first-order valence-corrected chi connectivity index (χ1v) is 3.07. The monoisotopic (exact) mass is 158 g/mol. The molecule has 0 aliphatic rings. The number of aliphatic carboxylic acids is 1. The quantitative estimate of drug-likeness (QED) is 0.352. The largest absolute Gasteiger partial charge is 0.472 e. The highest BCUT2D eigenvalue weighted by Gasteiger charge is 2.24. The zero-order valence-corrected chi connectivity index (χ0v) is 6.33. The van der Waals surface area contributed by atoms with Crippen molar-refractivity contribution in [2.45, 2.75) is 19.6 Å². The van der Waals surface area contributed by atoms with E-state index in [0.717, 1.165) is 0 Å². The van der Waals surface area contributed by atoms with Crippen molar-refractivity contribution < 1.29 is 20.1 Å². The molecule has 0 heterocycles. The lowest BCUT2D eigenvalue weighted by molar-refractivity contribution is -0.142. The van der Waals surface area contributed by atoms with Gasteiger partial charge in [-0.05, 0) is 5.92 Å². The van der Waals surface area contributed by atoms with Crippen molar-refractivity contribution in [1.29, 1.82) is 0 Å². The molecule has 0 spiro atoms. The summed E-state index contributed by atoms with van der Waals surface area (Å²) in [4.78, 5) is 9.87. The fraction of sp³-hybridized carbons (Fsp3) is 0.571. The summed E-state index contributed by atoms with van der Waals surface area (Å²) in [6.45, 7) is 3.05. The van der Waals surface area contributed by atoms with Gasteiger partial charge in [-0.2, -0.15) is 0 Å². The van der Waals surface area contributed by atoms with Gasteiger partial charge in [0, 0.05) is 11.8 Å². The first-order valence-electron chi connectivity index (χ1n) is 3.07. The minimum atomic E-state index is -2.21. The van der Waals surface area contributed by atoms with Crippen LogP contribution in [0, 0.1) is 17.8 Å². The van der Waals surface area contributed by atoms with Gasteiger partial charge in [0.2, 0.25) is 5.79 Å². The zero-order chi connectivity index (χ0) is 9.07. The molecule has 0 unspecified atom stereocenters. The lowest BCUT2D eigenvalue weighted by Gasteiger charge is -2.18. The third kappa shape index (κ3) is 3.61. The van der Waals surface area contributed by atoms with Gasteiger partial charge in [0.25, 0.3) is 0 Å². The van der Waals surface area contributed by atoms with Crippen molar-refractivity contribution >= 4 is 5.97 Å². The van der Waals surface area contributed by atoms with Crippen molar-refractivity contribution in [3.63, 3.8) is 0 Å². The molecular weight excluding hydrogens is 148 g/mol. The second kappa shape index (κ2) is 3.37. The fourth-order valence-corrected chi connectivity index (χ4v) is 0.290. The Balaban J connectivity index is 4.38. The summed E-state index contributed by atoms with van der Waals surface area (Å²) < 4.78 is 0. The molecule has 0 aromatic rings. The van der Waals surface area contributed by atoms with E-state index in [1.807, 2.05) is 5.92 Å². The Morgan fingerprint density at radius 3 is 2.18 bits per heavy atom. The molecule has 62 valence electrons. The Morgan fingerprint density at radius 1 is 1.45 bits per heavy atom. The molecule has 0 aliphatic carbocycles. The smallest absolute Gasteiger partial charge is 0.382 e. The van der Waals surface area contributed by atoms with Gasteiger partial charge in [0.15, 0.2) is 0 Å². The fourth-order valence-electron chi connectivity index (χ4n) is 0.290. The third-order valence-corrected chi connectivity index (χ3v) is 1.16. The van der Waals surface area contributed by atoms with Crippen LogP contribution < -0.4 is 0 Å². The van der Waals surface area contributed by atoms with Crippen molar-refractivity contribution in [2.24, 2.45) is 5.92 Å². The van der Waals surface area contributed by atoms with Gasteiger partial charge in [0.05, 0.1) is 0 Å². The average Bonchev–Trinajstić information content (AvgIpc) is 1.84. The van der Waals surface area contributed by atoms with Crippen LogP contribution in [0.3, 0.4) is 0 Å². The molecule has 0 rings (SSSR count). The summed E-state index contributed by atoms with van der Waals surface area (Å²) >= 11 is 0. The van der Waals surface area contributed by atoms with Crippen LogP contribution in [0.25, 0.3) is 0 Å². The number of aliphatic hydroxyl groups is 2. The van der Waals surface area contributed by atoms with Crippen molar-refractivity contribution in [3.8, 4) is 11.8 Å². The molecule has 4 heteroatoms. The lowest BCUT2D eigenvalue weighted by Crippen LogP contribution is -2.32.